The number of halogens is 1. The summed E-state index contributed by atoms with van der Waals surface area (Å²) in [6, 6.07) is 18.9. The summed E-state index contributed by atoms with van der Waals surface area (Å²) in [5, 5.41) is 19.0. The Bertz CT molecular complexity index is 1340. The molecule has 0 aliphatic carbocycles. The van der Waals surface area contributed by atoms with Crippen LogP contribution in [0.5, 0.6) is 0 Å². The van der Waals surface area contributed by atoms with Crippen LogP contribution in [0.25, 0.3) is 11.3 Å². The predicted molar refractivity (Wildman–Crippen MR) is 143 cm³/mol. The minimum atomic E-state index is -0.324. The number of hydrogen-bond donors (Lipinski definition) is 4. The van der Waals surface area contributed by atoms with Gasteiger partial charge in [-0.05, 0) is 42.3 Å². The van der Waals surface area contributed by atoms with Crippen molar-refractivity contribution in [3.63, 3.8) is 0 Å². The van der Waals surface area contributed by atoms with Crippen LogP contribution in [0.3, 0.4) is 0 Å². The van der Waals surface area contributed by atoms with E-state index in [1.165, 1.54) is 12.1 Å². The molecular weight excluding hydrogens is 485 g/mol. The van der Waals surface area contributed by atoms with Crippen molar-refractivity contribution in [3.05, 3.63) is 83.2 Å². The van der Waals surface area contributed by atoms with Gasteiger partial charge in [-0.25, -0.2) is 9.37 Å². The average molecular weight is 516 g/mol. The standard InChI is InChI=1S/C28H30FN7O2/c29-21-6-3-4-19(14-21)10-11-33-27-24(8-9-25(35-27)23-7-2-1-5-20(23)15-30)28(38)34-17-22-18-36(13-12-32-22)26(37)16-31/h1-9,14,22,32H,10-13,16-18,31H2,(H,33,35)(H,34,38)/t22-/m0/s1. The minimum absolute atomic E-state index is 0.0450. The van der Waals surface area contributed by atoms with Crippen LogP contribution in [-0.4, -0.2) is 67.0 Å². The van der Waals surface area contributed by atoms with E-state index in [1.54, 1.807) is 41.3 Å². The molecule has 10 heteroatoms. The molecule has 3 aromatic rings. The van der Waals surface area contributed by atoms with Crippen LogP contribution in [0.1, 0.15) is 21.5 Å². The zero-order valence-electron chi connectivity index (χ0n) is 20.9. The Morgan fingerprint density at radius 1 is 1.18 bits per heavy atom. The van der Waals surface area contributed by atoms with Crippen LogP contribution in [0.4, 0.5) is 10.2 Å². The third-order valence-corrected chi connectivity index (χ3v) is 6.35. The van der Waals surface area contributed by atoms with Gasteiger partial charge >= 0.3 is 0 Å². The van der Waals surface area contributed by atoms with Gasteiger partial charge < -0.3 is 26.6 Å². The molecule has 1 atom stereocenters. The zero-order valence-corrected chi connectivity index (χ0v) is 20.9. The fourth-order valence-corrected chi connectivity index (χ4v) is 4.38. The fourth-order valence-electron chi connectivity index (χ4n) is 4.38. The molecule has 2 aromatic carbocycles. The number of benzene rings is 2. The van der Waals surface area contributed by atoms with Crippen molar-refractivity contribution in [1.29, 1.82) is 5.26 Å². The number of nitriles is 1. The van der Waals surface area contributed by atoms with Crippen LogP contribution in [0, 0.1) is 17.1 Å². The predicted octanol–water partition coefficient (Wildman–Crippen LogP) is 1.90. The summed E-state index contributed by atoms with van der Waals surface area (Å²) >= 11 is 0. The molecule has 0 unspecified atom stereocenters. The molecule has 0 spiro atoms. The zero-order chi connectivity index (χ0) is 26.9. The molecule has 1 aliphatic heterocycles. The lowest BCUT2D eigenvalue weighted by atomic mass is 10.0. The number of carbonyl (C=O) groups is 2. The molecule has 0 radical (unpaired) electrons. The number of amides is 2. The summed E-state index contributed by atoms with van der Waals surface area (Å²) < 4.78 is 13.6. The second kappa shape index (κ2) is 12.8. The summed E-state index contributed by atoms with van der Waals surface area (Å²) in [7, 11) is 0. The average Bonchev–Trinajstić information content (AvgIpc) is 2.95. The molecule has 9 nitrogen and oxygen atoms in total. The largest absolute Gasteiger partial charge is 0.369 e. The maximum absolute atomic E-state index is 13.6. The van der Waals surface area contributed by atoms with Crippen LogP contribution >= 0.6 is 0 Å². The van der Waals surface area contributed by atoms with E-state index >= 15 is 0 Å². The van der Waals surface area contributed by atoms with E-state index in [1.807, 2.05) is 12.1 Å². The van der Waals surface area contributed by atoms with Gasteiger partial charge in [0.05, 0.1) is 29.4 Å². The van der Waals surface area contributed by atoms with Gasteiger partial charge in [0.2, 0.25) is 5.91 Å². The third-order valence-electron chi connectivity index (χ3n) is 6.35. The number of anilines is 1. The van der Waals surface area contributed by atoms with Crippen molar-refractivity contribution in [2.24, 2.45) is 5.73 Å². The summed E-state index contributed by atoms with van der Waals surface area (Å²) in [4.78, 5) is 31.5. The first-order valence-corrected chi connectivity index (χ1v) is 12.5. The molecule has 5 N–H and O–H groups in total. The Balaban J connectivity index is 1.51. The Morgan fingerprint density at radius 2 is 2.03 bits per heavy atom. The summed E-state index contributed by atoms with van der Waals surface area (Å²) in [6.45, 7) is 2.34. The van der Waals surface area contributed by atoms with Gasteiger partial charge in [-0.15, -0.1) is 0 Å². The molecule has 0 saturated carbocycles. The second-order valence-electron chi connectivity index (χ2n) is 8.96. The maximum atomic E-state index is 13.6. The summed E-state index contributed by atoms with van der Waals surface area (Å²) in [6.07, 6.45) is 0.524. The number of carbonyl (C=O) groups excluding carboxylic acids is 2. The van der Waals surface area contributed by atoms with Gasteiger partial charge in [0.25, 0.3) is 5.91 Å². The van der Waals surface area contributed by atoms with Gasteiger partial charge in [-0.1, -0.05) is 30.3 Å². The van der Waals surface area contributed by atoms with Crippen molar-refractivity contribution in [2.45, 2.75) is 12.5 Å². The molecule has 4 rings (SSSR count). The van der Waals surface area contributed by atoms with E-state index in [0.717, 1.165) is 5.56 Å². The molecule has 1 saturated heterocycles. The molecule has 1 fully saturated rings. The van der Waals surface area contributed by atoms with Crippen LogP contribution in [0.15, 0.2) is 60.7 Å². The first-order valence-electron chi connectivity index (χ1n) is 12.5. The lowest BCUT2D eigenvalue weighted by molar-refractivity contribution is -0.130. The van der Waals surface area contributed by atoms with Gasteiger partial charge in [0.1, 0.15) is 11.6 Å². The Kier molecular flexibility index (Phi) is 8.98. The number of hydrogen-bond acceptors (Lipinski definition) is 7. The van der Waals surface area contributed by atoms with Crippen molar-refractivity contribution >= 4 is 17.6 Å². The highest BCUT2D eigenvalue weighted by atomic mass is 19.1. The molecule has 0 bridgehead atoms. The van der Waals surface area contributed by atoms with E-state index in [9.17, 15) is 19.2 Å². The van der Waals surface area contributed by atoms with Crippen molar-refractivity contribution in [1.82, 2.24) is 20.5 Å². The number of aromatic nitrogens is 1. The van der Waals surface area contributed by atoms with Gasteiger partial charge in [-0.2, -0.15) is 5.26 Å². The van der Waals surface area contributed by atoms with E-state index < -0.39 is 0 Å². The maximum Gasteiger partial charge on any atom is 0.255 e. The number of rotatable bonds is 9. The molecule has 196 valence electrons. The topological polar surface area (TPSA) is 136 Å². The van der Waals surface area contributed by atoms with E-state index in [2.05, 4.69) is 27.0 Å². The Labute approximate surface area is 220 Å². The third kappa shape index (κ3) is 6.70. The van der Waals surface area contributed by atoms with Crippen LogP contribution in [0.2, 0.25) is 0 Å². The lowest BCUT2D eigenvalue weighted by Gasteiger charge is -2.33. The monoisotopic (exact) mass is 515 g/mol. The quantitative estimate of drug-likeness (QED) is 0.342. The smallest absolute Gasteiger partial charge is 0.255 e. The number of nitrogens with two attached hydrogens (primary N) is 1. The molecule has 38 heavy (non-hydrogen) atoms. The molecule has 2 amide bonds. The lowest BCUT2D eigenvalue weighted by Crippen LogP contribution is -2.57. The SMILES string of the molecule is N#Cc1ccccc1-c1ccc(C(=O)NC[C@H]2CN(C(=O)CN)CCN2)c(NCCc2cccc(F)c2)n1. The second-order valence-corrected chi connectivity index (χ2v) is 8.96. The minimum Gasteiger partial charge on any atom is -0.369 e. The first-order chi connectivity index (χ1) is 18.5. The Morgan fingerprint density at radius 3 is 2.82 bits per heavy atom. The number of pyridine rings is 1. The molecule has 1 aromatic heterocycles. The van der Waals surface area contributed by atoms with E-state index in [4.69, 9.17) is 5.73 Å². The number of nitrogens with one attached hydrogen (secondary N) is 3. The summed E-state index contributed by atoms with van der Waals surface area (Å²) in [5.74, 6) is -0.389. The van der Waals surface area contributed by atoms with Crippen LogP contribution < -0.4 is 21.7 Å². The van der Waals surface area contributed by atoms with Crippen molar-refractivity contribution < 1.29 is 14.0 Å². The highest BCUT2D eigenvalue weighted by molar-refractivity contribution is 5.99. The molecule has 1 aliphatic rings. The summed E-state index contributed by atoms with van der Waals surface area (Å²) in [5.41, 5.74) is 8.33. The highest BCUT2D eigenvalue weighted by Gasteiger charge is 2.23. The van der Waals surface area contributed by atoms with E-state index in [-0.39, 0.29) is 30.2 Å². The first kappa shape index (κ1) is 26.7. The van der Waals surface area contributed by atoms with Crippen molar-refractivity contribution in [3.8, 4) is 17.3 Å². The fraction of sp³-hybridized carbons (Fsp3) is 0.286. The van der Waals surface area contributed by atoms with Crippen molar-refractivity contribution in [2.75, 3.05) is 44.6 Å². The molecular formula is C28H30FN7O2. The van der Waals surface area contributed by atoms with Crippen LogP contribution in [-0.2, 0) is 11.2 Å². The highest BCUT2D eigenvalue weighted by Crippen LogP contribution is 2.25. The normalized spacial score (nSPS) is 15.0. The van der Waals surface area contributed by atoms with Gasteiger partial charge in [0, 0.05) is 44.3 Å². The number of nitrogens with zero attached hydrogens (tertiary/aromatic N) is 3. The van der Waals surface area contributed by atoms with E-state index in [0.29, 0.717) is 67.3 Å². The van der Waals surface area contributed by atoms with Gasteiger partial charge in [-0.3, -0.25) is 9.59 Å². The molecule has 2 heterocycles. The number of piperazine rings is 1. The Hall–Kier alpha value is -4.33. The van der Waals surface area contributed by atoms with Gasteiger partial charge in [0.15, 0.2) is 0 Å².